The largest absolute Gasteiger partial charge is 0.309 e. The molecule has 2 N–H and O–H groups in total. The zero-order chi connectivity index (χ0) is 30.8. The van der Waals surface area contributed by atoms with Crippen molar-refractivity contribution in [1.29, 1.82) is 0 Å². The summed E-state index contributed by atoms with van der Waals surface area (Å²) >= 11 is 0. The Morgan fingerprint density at radius 2 is 1.75 bits per heavy atom. The maximum atomic E-state index is 13.1. The summed E-state index contributed by atoms with van der Waals surface area (Å²) in [4.78, 5) is 51.7. The van der Waals surface area contributed by atoms with Crippen LogP contribution in [0.2, 0.25) is 0 Å². The molecule has 0 saturated carbocycles. The average Bonchev–Trinajstić information content (AvgIpc) is 3.52. The fraction of sp³-hybridized carbons (Fsp3) is 0.194. The number of hydrazine groups is 2. The molecular formula is C31H28N8O5. The standard InChI is InChI=1S/C31H28N8O5/c1-19-25-14-15-28(40)37(30(25)33-20(2)32-19)17-21-10-12-23(13-11-21)26-8-3-4-9-27(26)29-34-36-38(35-29)31(41)24-7-5-6-22(16-24)18-44-39(42)43/h3-13,16,36H,14-15,17-18H2,1-2H3,(H,34,35). The van der Waals surface area contributed by atoms with E-state index in [1.165, 1.54) is 6.07 Å². The summed E-state index contributed by atoms with van der Waals surface area (Å²) in [5.74, 6) is 1.37. The van der Waals surface area contributed by atoms with Crippen LogP contribution in [0.15, 0.2) is 77.9 Å². The normalized spacial score (nSPS) is 14.0. The van der Waals surface area contributed by atoms with Gasteiger partial charge in [0.05, 0.1) is 6.54 Å². The molecule has 222 valence electrons. The summed E-state index contributed by atoms with van der Waals surface area (Å²) in [6, 6.07) is 22.0. The number of fused-ring (bicyclic) bond motifs is 1. The first kappa shape index (κ1) is 28.3. The van der Waals surface area contributed by atoms with Gasteiger partial charge < -0.3 is 4.84 Å². The molecule has 2 aliphatic heterocycles. The summed E-state index contributed by atoms with van der Waals surface area (Å²) in [7, 11) is 0. The number of aromatic nitrogens is 2. The minimum absolute atomic E-state index is 0.0398. The lowest BCUT2D eigenvalue weighted by Gasteiger charge is -2.29. The number of hydrogen-bond donors (Lipinski definition) is 2. The van der Waals surface area contributed by atoms with E-state index in [-0.39, 0.29) is 12.5 Å². The minimum Gasteiger partial charge on any atom is -0.309 e. The number of aryl methyl sites for hydroxylation is 2. The molecule has 44 heavy (non-hydrogen) atoms. The van der Waals surface area contributed by atoms with Crippen LogP contribution in [-0.4, -0.2) is 37.8 Å². The molecule has 1 aromatic heterocycles. The minimum atomic E-state index is -0.880. The Kier molecular flexibility index (Phi) is 7.58. The number of carbonyl (C=O) groups excluding carboxylic acids is 2. The Hall–Kier alpha value is -5.85. The zero-order valence-corrected chi connectivity index (χ0v) is 24.0. The topological polar surface area (TPSA) is 155 Å². The van der Waals surface area contributed by atoms with Gasteiger partial charge in [-0.3, -0.25) is 19.9 Å². The van der Waals surface area contributed by atoms with E-state index in [0.29, 0.717) is 48.0 Å². The van der Waals surface area contributed by atoms with Crippen molar-refractivity contribution in [3.63, 3.8) is 0 Å². The predicted molar refractivity (Wildman–Crippen MR) is 160 cm³/mol. The highest BCUT2D eigenvalue weighted by Gasteiger charge is 2.28. The molecule has 0 aliphatic carbocycles. The van der Waals surface area contributed by atoms with Gasteiger partial charge in [0.1, 0.15) is 18.2 Å². The van der Waals surface area contributed by atoms with Crippen LogP contribution in [0.1, 0.15) is 50.6 Å². The molecule has 3 heterocycles. The smallest absolute Gasteiger partial charge is 0.294 e. The van der Waals surface area contributed by atoms with Crippen molar-refractivity contribution in [1.82, 2.24) is 26.0 Å². The second kappa shape index (κ2) is 11.8. The molecule has 2 amide bonds. The molecular weight excluding hydrogens is 564 g/mol. The number of benzene rings is 3. The third-order valence-electron chi connectivity index (χ3n) is 7.43. The lowest BCUT2D eigenvalue weighted by Crippen LogP contribution is -2.46. The number of nitrogens with one attached hydrogen (secondary N) is 2. The van der Waals surface area contributed by atoms with Crippen molar-refractivity contribution in [3.05, 3.63) is 122 Å². The van der Waals surface area contributed by atoms with Gasteiger partial charge in [-0.2, -0.15) is 5.53 Å². The third-order valence-corrected chi connectivity index (χ3v) is 7.43. The molecule has 13 nitrogen and oxygen atoms in total. The number of amidine groups is 1. The van der Waals surface area contributed by atoms with E-state index in [2.05, 4.69) is 30.9 Å². The van der Waals surface area contributed by atoms with Crippen LogP contribution in [0.25, 0.3) is 11.1 Å². The molecule has 0 bridgehead atoms. The highest BCUT2D eigenvalue weighted by atomic mass is 16.9. The van der Waals surface area contributed by atoms with Gasteiger partial charge in [0, 0.05) is 28.8 Å². The number of hydrogen-bond acceptors (Lipinski definition) is 10. The maximum Gasteiger partial charge on any atom is 0.294 e. The number of carbonyl (C=O) groups is 2. The first-order chi connectivity index (χ1) is 21.3. The van der Waals surface area contributed by atoms with Crippen LogP contribution in [0.3, 0.4) is 0 Å². The van der Waals surface area contributed by atoms with E-state index in [0.717, 1.165) is 38.6 Å². The Morgan fingerprint density at radius 1 is 0.977 bits per heavy atom. The predicted octanol–water partition coefficient (Wildman–Crippen LogP) is 3.77. The first-order valence-electron chi connectivity index (χ1n) is 13.9. The van der Waals surface area contributed by atoms with Gasteiger partial charge in [0.25, 0.3) is 11.0 Å². The van der Waals surface area contributed by atoms with Crippen molar-refractivity contribution in [2.45, 2.75) is 39.8 Å². The van der Waals surface area contributed by atoms with Crippen molar-refractivity contribution < 1.29 is 19.5 Å². The van der Waals surface area contributed by atoms with E-state index >= 15 is 0 Å². The van der Waals surface area contributed by atoms with Crippen LogP contribution in [0.4, 0.5) is 5.82 Å². The molecule has 0 radical (unpaired) electrons. The summed E-state index contributed by atoms with van der Waals surface area (Å²) < 4.78 is 0. The summed E-state index contributed by atoms with van der Waals surface area (Å²) in [6.45, 7) is 3.92. The van der Waals surface area contributed by atoms with E-state index in [4.69, 9.17) is 0 Å². The third kappa shape index (κ3) is 5.75. The van der Waals surface area contributed by atoms with Crippen LogP contribution >= 0.6 is 0 Å². The Bertz CT molecular complexity index is 1810. The van der Waals surface area contributed by atoms with Crippen LogP contribution in [-0.2, 0) is 29.2 Å². The lowest BCUT2D eigenvalue weighted by atomic mass is 9.97. The molecule has 6 rings (SSSR count). The molecule has 0 fully saturated rings. The molecule has 13 heteroatoms. The highest BCUT2D eigenvalue weighted by molar-refractivity contribution is 6.07. The zero-order valence-electron chi connectivity index (χ0n) is 24.0. The van der Waals surface area contributed by atoms with Crippen molar-refractivity contribution in [2.24, 2.45) is 5.10 Å². The molecule has 0 saturated heterocycles. The van der Waals surface area contributed by atoms with Crippen molar-refractivity contribution >= 4 is 23.5 Å². The monoisotopic (exact) mass is 592 g/mol. The van der Waals surface area contributed by atoms with E-state index in [9.17, 15) is 19.7 Å². The lowest BCUT2D eigenvalue weighted by molar-refractivity contribution is -0.763. The van der Waals surface area contributed by atoms with Gasteiger partial charge in [0.2, 0.25) is 5.91 Å². The van der Waals surface area contributed by atoms with Crippen LogP contribution < -0.4 is 15.9 Å². The Balaban J connectivity index is 1.17. The first-order valence-corrected chi connectivity index (χ1v) is 13.9. The second-order valence-corrected chi connectivity index (χ2v) is 10.4. The number of nitrogens with zero attached hydrogens (tertiary/aromatic N) is 6. The quantitative estimate of drug-likeness (QED) is 0.230. The average molecular weight is 593 g/mol. The summed E-state index contributed by atoms with van der Waals surface area (Å²) in [5, 5.41) is 15.1. The van der Waals surface area contributed by atoms with Gasteiger partial charge >= 0.3 is 0 Å². The Morgan fingerprint density at radius 3 is 2.52 bits per heavy atom. The molecule has 0 atom stereocenters. The van der Waals surface area contributed by atoms with Crippen LogP contribution in [0, 0.1) is 24.0 Å². The molecule has 2 aliphatic rings. The van der Waals surface area contributed by atoms with Gasteiger partial charge in [-0.05, 0) is 54.7 Å². The van der Waals surface area contributed by atoms with E-state index in [1.807, 2.05) is 62.4 Å². The number of anilines is 1. The van der Waals surface area contributed by atoms with Gasteiger partial charge in [-0.1, -0.05) is 60.7 Å². The number of hydrazone groups is 1. The van der Waals surface area contributed by atoms with Gasteiger partial charge in [-0.15, -0.1) is 20.3 Å². The van der Waals surface area contributed by atoms with Crippen molar-refractivity contribution in [2.75, 3.05) is 4.90 Å². The second-order valence-electron chi connectivity index (χ2n) is 10.4. The number of rotatable bonds is 8. The fourth-order valence-corrected chi connectivity index (χ4v) is 5.32. The fourth-order valence-electron chi connectivity index (χ4n) is 5.32. The molecule has 0 unspecified atom stereocenters. The molecule has 0 spiro atoms. The van der Waals surface area contributed by atoms with Crippen LogP contribution in [0.5, 0.6) is 0 Å². The molecule has 4 aromatic rings. The van der Waals surface area contributed by atoms with Gasteiger partial charge in [-0.25, -0.2) is 9.97 Å². The highest BCUT2D eigenvalue weighted by Crippen LogP contribution is 2.30. The maximum absolute atomic E-state index is 13.1. The van der Waals surface area contributed by atoms with E-state index < -0.39 is 11.0 Å². The summed E-state index contributed by atoms with van der Waals surface area (Å²) in [5.41, 5.74) is 11.9. The summed E-state index contributed by atoms with van der Waals surface area (Å²) in [6.07, 6.45) is 1.07. The van der Waals surface area contributed by atoms with Gasteiger partial charge in [0.15, 0.2) is 5.84 Å². The van der Waals surface area contributed by atoms with Crippen molar-refractivity contribution in [3.8, 4) is 11.1 Å². The number of amides is 2. The van der Waals surface area contributed by atoms with E-state index in [1.54, 1.807) is 23.1 Å². The molecule has 3 aromatic carbocycles. The Labute approximate surface area is 252 Å². The SMILES string of the molecule is Cc1nc(C)c2c(n1)N(Cc1ccc(-c3ccccc3C3=NNN(C(=O)c4cccc(CO[N+](=O)[O-])c4)N3)cc1)C(=O)CC2.